The molecule has 1 aliphatic rings. The average molecular weight is 431 g/mol. The lowest BCUT2D eigenvalue weighted by Gasteiger charge is -2.18. The number of esters is 1. The minimum Gasteiger partial charge on any atom is -0.454 e. The minimum absolute atomic E-state index is 0.0275. The number of benzene rings is 2. The van der Waals surface area contributed by atoms with E-state index in [1.807, 2.05) is 0 Å². The third kappa shape index (κ3) is 4.49. The summed E-state index contributed by atoms with van der Waals surface area (Å²) >= 11 is 5.81. The Morgan fingerprint density at radius 2 is 1.90 bits per heavy atom. The van der Waals surface area contributed by atoms with Gasteiger partial charge in [-0.05, 0) is 44.2 Å². The minimum atomic E-state index is -1.02. The van der Waals surface area contributed by atoms with Crippen molar-refractivity contribution >= 4 is 40.6 Å². The molecule has 2 aromatic carbocycles. The molecule has 9 heteroatoms. The third-order valence-electron chi connectivity index (χ3n) is 4.95. The molecule has 3 rings (SSSR count). The molecule has 0 radical (unpaired) electrons. The maximum atomic E-state index is 12.5. The van der Waals surface area contributed by atoms with E-state index in [1.165, 1.54) is 17.9 Å². The molecular weight excluding hydrogens is 412 g/mol. The lowest BCUT2D eigenvalue weighted by atomic mass is 10.1. The normalized spacial score (nSPS) is 17.0. The Hall–Kier alpha value is -3.26. The summed E-state index contributed by atoms with van der Waals surface area (Å²) in [6.07, 6.45) is -1.12. The zero-order valence-corrected chi connectivity index (χ0v) is 17.1. The molecule has 30 heavy (non-hydrogen) atoms. The van der Waals surface area contributed by atoms with Crippen molar-refractivity contribution in [2.75, 3.05) is 11.4 Å². The predicted octanol–water partition coefficient (Wildman–Crippen LogP) is 3.72. The van der Waals surface area contributed by atoms with E-state index in [0.29, 0.717) is 21.8 Å². The van der Waals surface area contributed by atoms with Crippen LogP contribution in [0.2, 0.25) is 5.02 Å². The van der Waals surface area contributed by atoms with Gasteiger partial charge in [-0.3, -0.25) is 24.5 Å². The van der Waals surface area contributed by atoms with Gasteiger partial charge in [0.25, 0.3) is 5.69 Å². The third-order valence-corrected chi connectivity index (χ3v) is 5.20. The van der Waals surface area contributed by atoms with E-state index >= 15 is 0 Å². The van der Waals surface area contributed by atoms with Crippen LogP contribution in [0.4, 0.5) is 11.4 Å². The lowest BCUT2D eigenvalue weighted by Crippen LogP contribution is -2.30. The number of ether oxygens (including phenoxy) is 1. The molecule has 0 aromatic heterocycles. The number of nitro groups is 1. The van der Waals surface area contributed by atoms with Crippen LogP contribution >= 0.6 is 11.6 Å². The second-order valence-corrected chi connectivity index (χ2v) is 7.52. The van der Waals surface area contributed by atoms with Gasteiger partial charge in [-0.25, -0.2) is 0 Å². The first-order chi connectivity index (χ1) is 14.2. The van der Waals surface area contributed by atoms with Crippen LogP contribution in [0.25, 0.3) is 0 Å². The highest BCUT2D eigenvalue weighted by Gasteiger charge is 2.38. The van der Waals surface area contributed by atoms with Crippen molar-refractivity contribution in [1.82, 2.24) is 0 Å². The van der Waals surface area contributed by atoms with E-state index < -0.39 is 22.9 Å². The number of anilines is 1. The van der Waals surface area contributed by atoms with Crippen molar-refractivity contribution in [2.24, 2.45) is 5.92 Å². The van der Waals surface area contributed by atoms with Gasteiger partial charge in [-0.2, -0.15) is 0 Å². The molecule has 1 heterocycles. The van der Waals surface area contributed by atoms with Crippen LogP contribution in [-0.2, 0) is 14.3 Å². The van der Waals surface area contributed by atoms with Gasteiger partial charge in [0.15, 0.2) is 6.10 Å². The van der Waals surface area contributed by atoms with Gasteiger partial charge < -0.3 is 9.64 Å². The molecule has 0 saturated carbocycles. The molecule has 0 bridgehead atoms. The fourth-order valence-corrected chi connectivity index (χ4v) is 3.38. The second kappa shape index (κ2) is 8.62. The van der Waals surface area contributed by atoms with Gasteiger partial charge in [0, 0.05) is 35.2 Å². The molecule has 0 N–H and O–H groups in total. The summed E-state index contributed by atoms with van der Waals surface area (Å²) in [5.74, 6) is -2.15. The SMILES string of the molecule is Cc1ccc(N2C[C@@H](C(=O)O[C@H](C)C(=O)c3ccc(Cl)cc3)CC2=O)cc1[N+](=O)[O-]. The largest absolute Gasteiger partial charge is 0.454 e. The van der Waals surface area contributed by atoms with Gasteiger partial charge in [-0.1, -0.05) is 17.7 Å². The Kier molecular flexibility index (Phi) is 6.17. The van der Waals surface area contributed by atoms with Crippen LogP contribution in [-0.4, -0.2) is 35.2 Å². The monoisotopic (exact) mass is 430 g/mol. The molecule has 0 spiro atoms. The van der Waals surface area contributed by atoms with Crippen molar-refractivity contribution in [3.63, 3.8) is 0 Å². The van der Waals surface area contributed by atoms with E-state index in [1.54, 1.807) is 43.3 Å². The number of carbonyl (C=O) groups is 3. The first-order valence-electron chi connectivity index (χ1n) is 9.23. The smallest absolute Gasteiger partial charge is 0.312 e. The van der Waals surface area contributed by atoms with Crippen LogP contribution in [0.3, 0.4) is 0 Å². The zero-order chi connectivity index (χ0) is 22.0. The molecule has 1 aliphatic heterocycles. The maximum absolute atomic E-state index is 12.5. The van der Waals surface area contributed by atoms with Crippen LogP contribution in [0.5, 0.6) is 0 Å². The quantitative estimate of drug-likeness (QED) is 0.299. The molecule has 8 nitrogen and oxygen atoms in total. The van der Waals surface area contributed by atoms with Gasteiger partial charge >= 0.3 is 5.97 Å². The fourth-order valence-electron chi connectivity index (χ4n) is 3.25. The zero-order valence-electron chi connectivity index (χ0n) is 16.3. The topological polar surface area (TPSA) is 107 Å². The van der Waals surface area contributed by atoms with E-state index in [-0.39, 0.29) is 30.3 Å². The highest BCUT2D eigenvalue weighted by atomic mass is 35.5. The van der Waals surface area contributed by atoms with Gasteiger partial charge in [0.1, 0.15) is 0 Å². The van der Waals surface area contributed by atoms with Crippen molar-refractivity contribution in [1.29, 1.82) is 0 Å². The first-order valence-corrected chi connectivity index (χ1v) is 9.61. The number of hydrogen-bond donors (Lipinski definition) is 0. The van der Waals surface area contributed by atoms with E-state index in [0.717, 1.165) is 0 Å². The summed E-state index contributed by atoms with van der Waals surface area (Å²) in [7, 11) is 0. The summed E-state index contributed by atoms with van der Waals surface area (Å²) in [6.45, 7) is 3.10. The van der Waals surface area contributed by atoms with Crippen LogP contribution in [0.1, 0.15) is 29.3 Å². The number of Topliss-reactive ketones (excluding diaryl/α,β-unsaturated/α-hetero) is 1. The van der Waals surface area contributed by atoms with Gasteiger partial charge in [0.05, 0.1) is 16.5 Å². The molecule has 156 valence electrons. The number of nitrogens with zero attached hydrogens (tertiary/aromatic N) is 2. The van der Waals surface area contributed by atoms with Crippen molar-refractivity contribution in [2.45, 2.75) is 26.4 Å². The highest BCUT2D eigenvalue weighted by Crippen LogP contribution is 2.30. The maximum Gasteiger partial charge on any atom is 0.312 e. The Labute approximate surface area is 177 Å². The van der Waals surface area contributed by atoms with Crippen LogP contribution in [0, 0.1) is 23.0 Å². The lowest BCUT2D eigenvalue weighted by molar-refractivity contribution is -0.385. The molecule has 1 amide bonds. The Morgan fingerprint density at radius 3 is 2.53 bits per heavy atom. The number of nitro benzene ring substituents is 1. The number of halogens is 1. The van der Waals surface area contributed by atoms with Crippen molar-refractivity contribution < 1.29 is 24.0 Å². The Balaban J connectivity index is 1.68. The molecule has 1 saturated heterocycles. The summed E-state index contributed by atoms with van der Waals surface area (Å²) < 4.78 is 5.29. The van der Waals surface area contributed by atoms with E-state index in [9.17, 15) is 24.5 Å². The highest BCUT2D eigenvalue weighted by molar-refractivity contribution is 6.30. The number of amides is 1. The molecular formula is C21H19ClN2O6. The summed E-state index contributed by atoms with van der Waals surface area (Å²) in [5, 5.41) is 11.6. The van der Waals surface area contributed by atoms with E-state index in [4.69, 9.17) is 16.3 Å². The van der Waals surface area contributed by atoms with E-state index in [2.05, 4.69) is 0 Å². The predicted molar refractivity (Wildman–Crippen MR) is 110 cm³/mol. The number of aryl methyl sites for hydroxylation is 1. The summed E-state index contributed by atoms with van der Waals surface area (Å²) in [6, 6.07) is 10.7. The number of ketones is 1. The molecule has 1 fully saturated rings. The molecule has 2 aromatic rings. The van der Waals surface area contributed by atoms with Gasteiger partial charge in [-0.15, -0.1) is 0 Å². The first kappa shape index (κ1) is 21.4. The molecule has 2 atom stereocenters. The number of rotatable bonds is 6. The number of carbonyl (C=O) groups excluding carboxylic acids is 3. The van der Waals surface area contributed by atoms with Crippen molar-refractivity contribution in [3.8, 4) is 0 Å². The van der Waals surface area contributed by atoms with Crippen LogP contribution < -0.4 is 4.90 Å². The second-order valence-electron chi connectivity index (χ2n) is 7.08. The Morgan fingerprint density at radius 1 is 1.23 bits per heavy atom. The number of hydrogen-bond acceptors (Lipinski definition) is 6. The van der Waals surface area contributed by atoms with Crippen molar-refractivity contribution in [3.05, 3.63) is 68.7 Å². The standard InChI is InChI=1S/C21H19ClN2O6/c1-12-3-8-17(10-18(12)24(28)29)23-11-15(9-19(23)25)21(27)30-13(2)20(26)14-4-6-16(22)7-5-14/h3-8,10,13,15H,9,11H2,1-2H3/t13-,15+/m1/s1. The molecule has 0 unspecified atom stereocenters. The van der Waals surface area contributed by atoms with Crippen LogP contribution in [0.15, 0.2) is 42.5 Å². The molecule has 0 aliphatic carbocycles. The summed E-state index contributed by atoms with van der Waals surface area (Å²) in [5.41, 5.74) is 1.07. The average Bonchev–Trinajstić information content (AvgIpc) is 3.10. The summed E-state index contributed by atoms with van der Waals surface area (Å²) in [4.78, 5) is 49.3. The Bertz CT molecular complexity index is 1020. The van der Waals surface area contributed by atoms with Gasteiger partial charge in [0.2, 0.25) is 11.7 Å². The fraction of sp³-hybridized carbons (Fsp3) is 0.286.